The zero-order valence-corrected chi connectivity index (χ0v) is 14.8. The third kappa shape index (κ3) is 5.57. The molecule has 0 saturated carbocycles. The van der Waals surface area contributed by atoms with Crippen molar-refractivity contribution in [2.45, 2.75) is 32.4 Å². The van der Waals surface area contributed by atoms with Gasteiger partial charge in [-0.3, -0.25) is 9.59 Å². The first-order chi connectivity index (χ1) is 11.1. The lowest BCUT2D eigenvalue weighted by Crippen LogP contribution is -2.45. The van der Waals surface area contributed by atoms with E-state index in [-0.39, 0.29) is 17.7 Å². The van der Waals surface area contributed by atoms with Gasteiger partial charge in [0.2, 0.25) is 11.8 Å². The average molecular weight is 334 g/mol. The first-order valence-corrected chi connectivity index (χ1v) is 9.39. The number of aryl methyl sites for hydroxylation is 1. The van der Waals surface area contributed by atoms with Gasteiger partial charge in [-0.1, -0.05) is 24.3 Å². The van der Waals surface area contributed by atoms with Gasteiger partial charge in [0.15, 0.2) is 0 Å². The van der Waals surface area contributed by atoms with Gasteiger partial charge in [-0.05, 0) is 30.9 Å². The van der Waals surface area contributed by atoms with Crippen molar-refractivity contribution in [1.29, 1.82) is 0 Å². The first kappa shape index (κ1) is 17.9. The maximum absolute atomic E-state index is 12.2. The van der Waals surface area contributed by atoms with Gasteiger partial charge >= 0.3 is 0 Å². The van der Waals surface area contributed by atoms with E-state index in [1.165, 1.54) is 11.1 Å². The number of amides is 2. The van der Waals surface area contributed by atoms with E-state index in [2.05, 4.69) is 36.5 Å². The molecule has 1 aliphatic heterocycles. The summed E-state index contributed by atoms with van der Waals surface area (Å²) in [6, 6.07) is 8.40. The molecule has 0 spiro atoms. The number of hydrogen-bond donors (Lipinski definition) is 1. The van der Waals surface area contributed by atoms with Crippen molar-refractivity contribution in [3.63, 3.8) is 0 Å². The van der Waals surface area contributed by atoms with E-state index in [1.807, 2.05) is 11.8 Å². The molecule has 1 aliphatic rings. The maximum atomic E-state index is 12.2. The second-order valence-corrected chi connectivity index (χ2v) is 7.18. The first-order valence-electron chi connectivity index (χ1n) is 8.23. The van der Waals surface area contributed by atoms with E-state index in [0.29, 0.717) is 13.1 Å². The Hall–Kier alpha value is -1.49. The van der Waals surface area contributed by atoms with E-state index in [0.717, 1.165) is 30.9 Å². The quantitative estimate of drug-likeness (QED) is 0.814. The third-order valence-electron chi connectivity index (χ3n) is 4.30. The number of piperidine rings is 1. The number of nitrogens with one attached hydrogen (secondary N) is 1. The normalized spacial score (nSPS) is 17.8. The van der Waals surface area contributed by atoms with Gasteiger partial charge < -0.3 is 10.2 Å². The monoisotopic (exact) mass is 334 g/mol. The predicted octanol–water partition coefficient (Wildman–Crippen LogP) is 2.60. The van der Waals surface area contributed by atoms with Crippen LogP contribution in [0.15, 0.2) is 24.3 Å². The summed E-state index contributed by atoms with van der Waals surface area (Å²) in [6.07, 6.45) is 1.80. The van der Waals surface area contributed by atoms with Crippen LogP contribution in [0.1, 0.15) is 30.9 Å². The van der Waals surface area contributed by atoms with E-state index < -0.39 is 0 Å². The molecule has 2 rings (SSSR count). The van der Waals surface area contributed by atoms with Crippen molar-refractivity contribution in [3.8, 4) is 0 Å². The molecule has 1 saturated heterocycles. The smallest absolute Gasteiger partial charge is 0.224 e. The summed E-state index contributed by atoms with van der Waals surface area (Å²) in [5.74, 6) is 1.99. The van der Waals surface area contributed by atoms with Crippen LogP contribution in [0, 0.1) is 12.8 Å². The van der Waals surface area contributed by atoms with Crippen molar-refractivity contribution in [2.24, 2.45) is 5.92 Å². The fourth-order valence-electron chi connectivity index (χ4n) is 2.82. The molecule has 1 aromatic rings. The zero-order chi connectivity index (χ0) is 16.7. The Morgan fingerprint density at radius 2 is 2.13 bits per heavy atom. The summed E-state index contributed by atoms with van der Waals surface area (Å²) in [5.41, 5.74) is 2.67. The zero-order valence-electron chi connectivity index (χ0n) is 14.0. The van der Waals surface area contributed by atoms with Crippen LogP contribution in [0.25, 0.3) is 0 Å². The van der Waals surface area contributed by atoms with Crippen molar-refractivity contribution in [3.05, 3.63) is 35.4 Å². The minimum atomic E-state index is -0.0472. The fourth-order valence-corrected chi connectivity index (χ4v) is 3.76. The number of benzene rings is 1. The molecule has 1 aromatic carbocycles. The van der Waals surface area contributed by atoms with Gasteiger partial charge in [-0.25, -0.2) is 0 Å². The van der Waals surface area contributed by atoms with E-state index in [1.54, 1.807) is 11.8 Å². The second kappa shape index (κ2) is 8.96. The molecule has 1 heterocycles. The van der Waals surface area contributed by atoms with Gasteiger partial charge in [-0.15, -0.1) is 0 Å². The van der Waals surface area contributed by atoms with Gasteiger partial charge in [0.25, 0.3) is 0 Å². The standard InChI is InChI=1S/C18H26N2O2S/c1-14-6-3-4-7-17(14)13-23-11-9-19-18(22)16-8-5-10-20(12-16)15(2)21/h3-4,6-7,16H,5,8-13H2,1-2H3,(H,19,22). The number of nitrogens with zero attached hydrogens (tertiary/aromatic N) is 1. The number of carbonyl (C=O) groups is 2. The Bertz CT molecular complexity index is 548. The van der Waals surface area contributed by atoms with Crippen LogP contribution < -0.4 is 5.32 Å². The lowest BCUT2D eigenvalue weighted by molar-refractivity contribution is -0.133. The number of hydrogen-bond acceptors (Lipinski definition) is 3. The van der Waals surface area contributed by atoms with Gasteiger partial charge in [-0.2, -0.15) is 11.8 Å². The Labute approximate surface area is 143 Å². The number of thioether (sulfide) groups is 1. The summed E-state index contributed by atoms with van der Waals surface area (Å²) < 4.78 is 0. The molecule has 23 heavy (non-hydrogen) atoms. The number of rotatable bonds is 6. The minimum Gasteiger partial charge on any atom is -0.355 e. The molecule has 4 nitrogen and oxygen atoms in total. The minimum absolute atomic E-state index is 0.0472. The highest BCUT2D eigenvalue weighted by Crippen LogP contribution is 2.17. The van der Waals surface area contributed by atoms with Gasteiger partial charge in [0.05, 0.1) is 5.92 Å². The summed E-state index contributed by atoms with van der Waals surface area (Å²) >= 11 is 1.84. The summed E-state index contributed by atoms with van der Waals surface area (Å²) in [6.45, 7) is 5.73. The molecule has 1 fully saturated rings. The summed E-state index contributed by atoms with van der Waals surface area (Å²) in [7, 11) is 0. The maximum Gasteiger partial charge on any atom is 0.224 e. The molecular formula is C18H26N2O2S. The summed E-state index contributed by atoms with van der Waals surface area (Å²) in [4.78, 5) is 25.4. The highest BCUT2D eigenvalue weighted by molar-refractivity contribution is 7.98. The summed E-state index contributed by atoms with van der Waals surface area (Å²) in [5, 5.41) is 3.02. The van der Waals surface area contributed by atoms with Crippen molar-refractivity contribution >= 4 is 23.6 Å². The molecule has 2 amide bonds. The van der Waals surface area contributed by atoms with Crippen LogP contribution in [-0.2, 0) is 15.3 Å². The highest BCUT2D eigenvalue weighted by atomic mass is 32.2. The molecule has 0 radical (unpaired) electrons. The third-order valence-corrected chi connectivity index (χ3v) is 5.31. The molecule has 0 aliphatic carbocycles. The van der Waals surface area contributed by atoms with Crippen LogP contribution in [0.4, 0.5) is 0 Å². The van der Waals surface area contributed by atoms with Gasteiger partial charge in [0, 0.05) is 38.1 Å². The molecule has 5 heteroatoms. The molecule has 1 atom stereocenters. The van der Waals surface area contributed by atoms with Crippen LogP contribution in [0.3, 0.4) is 0 Å². The SMILES string of the molecule is CC(=O)N1CCCC(C(=O)NCCSCc2ccccc2C)C1. The molecule has 1 N–H and O–H groups in total. The van der Waals surface area contributed by atoms with Crippen molar-refractivity contribution < 1.29 is 9.59 Å². The predicted molar refractivity (Wildman–Crippen MR) is 95.3 cm³/mol. The molecule has 126 valence electrons. The molecule has 0 aromatic heterocycles. The van der Waals surface area contributed by atoms with Crippen LogP contribution in [0.2, 0.25) is 0 Å². The Balaban J connectivity index is 1.65. The fraction of sp³-hybridized carbons (Fsp3) is 0.556. The molecule has 1 unspecified atom stereocenters. The topological polar surface area (TPSA) is 49.4 Å². The highest BCUT2D eigenvalue weighted by Gasteiger charge is 2.26. The molecular weight excluding hydrogens is 308 g/mol. The van der Waals surface area contributed by atoms with Crippen molar-refractivity contribution in [2.75, 3.05) is 25.4 Å². The van der Waals surface area contributed by atoms with E-state index in [4.69, 9.17) is 0 Å². The lowest BCUT2D eigenvalue weighted by Gasteiger charge is -2.31. The van der Waals surface area contributed by atoms with Gasteiger partial charge in [0.1, 0.15) is 0 Å². The number of likely N-dealkylation sites (tertiary alicyclic amines) is 1. The second-order valence-electron chi connectivity index (χ2n) is 6.07. The van der Waals surface area contributed by atoms with Crippen LogP contribution in [-0.4, -0.2) is 42.1 Å². The largest absolute Gasteiger partial charge is 0.355 e. The van der Waals surface area contributed by atoms with E-state index in [9.17, 15) is 9.59 Å². The molecule has 0 bridgehead atoms. The Morgan fingerprint density at radius 1 is 1.35 bits per heavy atom. The Kier molecular flexibility index (Phi) is 6.96. The lowest BCUT2D eigenvalue weighted by atomic mass is 9.97. The average Bonchev–Trinajstić information content (AvgIpc) is 2.56. The Morgan fingerprint density at radius 3 is 2.87 bits per heavy atom. The van der Waals surface area contributed by atoms with Crippen molar-refractivity contribution in [1.82, 2.24) is 10.2 Å². The number of carbonyl (C=O) groups excluding carboxylic acids is 2. The van der Waals surface area contributed by atoms with Crippen LogP contribution >= 0.6 is 11.8 Å². The van der Waals surface area contributed by atoms with Crippen LogP contribution in [0.5, 0.6) is 0 Å². The van der Waals surface area contributed by atoms with E-state index >= 15 is 0 Å².